The van der Waals surface area contributed by atoms with Crippen LogP contribution in [-0.4, -0.2) is 10.9 Å². The van der Waals surface area contributed by atoms with Gasteiger partial charge in [-0.15, -0.1) is 5.73 Å². The summed E-state index contributed by atoms with van der Waals surface area (Å²) in [6.45, 7) is 0. The quantitative estimate of drug-likeness (QED) is 0.360. The van der Waals surface area contributed by atoms with Crippen molar-refractivity contribution in [2.24, 2.45) is 0 Å². The van der Waals surface area contributed by atoms with Crippen molar-refractivity contribution in [3.63, 3.8) is 0 Å². The van der Waals surface area contributed by atoms with Gasteiger partial charge in [0.15, 0.2) is 5.78 Å². The van der Waals surface area contributed by atoms with Gasteiger partial charge in [-0.1, -0.05) is 36.4 Å². The molecule has 16 heavy (non-hydrogen) atoms. The minimum Gasteiger partial charge on any atom is -0.507 e. The van der Waals surface area contributed by atoms with Crippen molar-refractivity contribution in [2.45, 2.75) is 0 Å². The number of rotatable bonds is 3. The highest BCUT2D eigenvalue weighted by atomic mass is 16.3. The van der Waals surface area contributed by atoms with E-state index in [1.54, 1.807) is 42.5 Å². The maximum Gasteiger partial charge on any atom is 0.189 e. The van der Waals surface area contributed by atoms with Gasteiger partial charge in [0.1, 0.15) is 5.76 Å². The molecule has 0 atom stereocenters. The third-order valence-corrected chi connectivity index (χ3v) is 2.20. The normalized spacial score (nSPS) is 14.0. The molecule has 0 heterocycles. The zero-order chi connectivity index (χ0) is 11.4. The first-order chi connectivity index (χ1) is 7.77. The highest BCUT2D eigenvalue weighted by Crippen LogP contribution is 2.12. The molecule has 1 aliphatic rings. The SMILES string of the molecule is O=C(/C=C(\O)C1=C=CC=C1)c1ccccc1. The lowest BCUT2D eigenvalue weighted by Gasteiger charge is -1.97. The summed E-state index contributed by atoms with van der Waals surface area (Å²) >= 11 is 0. The molecule has 2 nitrogen and oxygen atoms in total. The van der Waals surface area contributed by atoms with Gasteiger partial charge in [0.05, 0.1) is 5.57 Å². The van der Waals surface area contributed by atoms with Crippen LogP contribution in [0.25, 0.3) is 0 Å². The number of benzene rings is 1. The molecule has 0 bridgehead atoms. The van der Waals surface area contributed by atoms with E-state index >= 15 is 0 Å². The summed E-state index contributed by atoms with van der Waals surface area (Å²) in [7, 11) is 0. The monoisotopic (exact) mass is 210 g/mol. The highest BCUT2D eigenvalue weighted by Gasteiger charge is 2.06. The fraction of sp³-hybridized carbons (Fsp3) is 0. The Bertz CT molecular complexity index is 527. The number of aliphatic hydroxyl groups excluding tert-OH is 1. The minimum atomic E-state index is -0.215. The summed E-state index contributed by atoms with van der Waals surface area (Å²) < 4.78 is 0. The minimum absolute atomic E-state index is 0.0566. The first-order valence-corrected chi connectivity index (χ1v) is 4.91. The second-order valence-electron chi connectivity index (χ2n) is 3.34. The molecule has 1 aromatic rings. The molecule has 1 aromatic carbocycles. The molecule has 0 saturated carbocycles. The molecule has 0 spiro atoms. The average molecular weight is 210 g/mol. The molecule has 78 valence electrons. The van der Waals surface area contributed by atoms with Crippen LogP contribution in [0.1, 0.15) is 10.4 Å². The molecule has 0 aliphatic heterocycles. The van der Waals surface area contributed by atoms with Gasteiger partial charge in [-0.05, 0) is 12.2 Å². The van der Waals surface area contributed by atoms with Crippen molar-refractivity contribution in [2.75, 3.05) is 0 Å². The summed E-state index contributed by atoms with van der Waals surface area (Å²) in [6, 6.07) is 8.83. The Morgan fingerprint density at radius 2 is 2.00 bits per heavy atom. The van der Waals surface area contributed by atoms with Crippen LogP contribution in [0.3, 0.4) is 0 Å². The van der Waals surface area contributed by atoms with E-state index in [0.717, 1.165) is 0 Å². The van der Waals surface area contributed by atoms with Crippen molar-refractivity contribution in [1.29, 1.82) is 0 Å². The van der Waals surface area contributed by atoms with Crippen LogP contribution in [0.2, 0.25) is 0 Å². The van der Waals surface area contributed by atoms with E-state index in [9.17, 15) is 9.90 Å². The Morgan fingerprint density at radius 3 is 2.62 bits per heavy atom. The van der Waals surface area contributed by atoms with Crippen LogP contribution in [-0.2, 0) is 0 Å². The first kappa shape index (κ1) is 10.2. The second kappa shape index (κ2) is 4.47. The van der Waals surface area contributed by atoms with Crippen molar-refractivity contribution >= 4 is 5.78 Å². The van der Waals surface area contributed by atoms with Gasteiger partial charge in [0, 0.05) is 11.6 Å². The molecule has 0 fully saturated rings. The van der Waals surface area contributed by atoms with Crippen molar-refractivity contribution < 1.29 is 9.90 Å². The lowest BCUT2D eigenvalue weighted by molar-refractivity contribution is 0.104. The first-order valence-electron chi connectivity index (χ1n) is 4.91. The van der Waals surface area contributed by atoms with Gasteiger partial charge < -0.3 is 5.11 Å². The molecule has 0 unspecified atom stereocenters. The van der Waals surface area contributed by atoms with E-state index in [0.29, 0.717) is 11.1 Å². The average Bonchev–Trinajstić information content (AvgIpc) is 2.83. The Morgan fingerprint density at radius 1 is 1.25 bits per heavy atom. The molecule has 1 aliphatic carbocycles. The maximum atomic E-state index is 11.7. The van der Waals surface area contributed by atoms with Crippen LogP contribution >= 0.6 is 0 Å². The molecule has 0 radical (unpaired) electrons. The topological polar surface area (TPSA) is 37.3 Å². The Balaban J connectivity index is 2.22. The van der Waals surface area contributed by atoms with Gasteiger partial charge in [-0.3, -0.25) is 4.79 Å². The number of aliphatic hydroxyl groups is 1. The Hall–Kier alpha value is -2.31. The lowest BCUT2D eigenvalue weighted by Crippen LogP contribution is -1.96. The van der Waals surface area contributed by atoms with Gasteiger partial charge in [0.2, 0.25) is 0 Å². The summed E-state index contributed by atoms with van der Waals surface area (Å²) in [5.74, 6) is -0.272. The predicted octanol–water partition coefficient (Wildman–Crippen LogP) is 2.96. The number of carbonyl (C=O) groups is 1. The largest absolute Gasteiger partial charge is 0.507 e. The summed E-state index contributed by atoms with van der Waals surface area (Å²) in [4.78, 5) is 11.7. The highest BCUT2D eigenvalue weighted by molar-refractivity contribution is 6.05. The fourth-order valence-corrected chi connectivity index (χ4v) is 1.38. The van der Waals surface area contributed by atoms with Crippen LogP contribution in [0, 0.1) is 0 Å². The molecule has 0 aromatic heterocycles. The van der Waals surface area contributed by atoms with E-state index in [-0.39, 0.29) is 11.5 Å². The van der Waals surface area contributed by atoms with Gasteiger partial charge in [0.25, 0.3) is 0 Å². The van der Waals surface area contributed by atoms with Crippen molar-refractivity contribution in [3.8, 4) is 0 Å². The standard InChI is InChI=1S/C14H10O2/c15-13(11-6-2-1-3-7-11)10-14(16)12-8-4-5-9-12/h1-8,10,16H/b14-10-. The van der Waals surface area contributed by atoms with E-state index in [4.69, 9.17) is 0 Å². The molecular formula is C14H10O2. The third kappa shape index (κ3) is 2.19. The van der Waals surface area contributed by atoms with Crippen molar-refractivity contribution in [3.05, 3.63) is 77.3 Å². The van der Waals surface area contributed by atoms with Crippen LogP contribution < -0.4 is 0 Å². The summed E-state index contributed by atoms with van der Waals surface area (Å²) in [5, 5.41) is 9.65. The van der Waals surface area contributed by atoms with Crippen molar-refractivity contribution in [1.82, 2.24) is 0 Å². The summed E-state index contributed by atoms with van der Waals surface area (Å²) in [6.07, 6.45) is 6.35. The van der Waals surface area contributed by atoms with Crippen LogP contribution in [0.15, 0.2) is 71.7 Å². The summed E-state index contributed by atoms with van der Waals surface area (Å²) in [5.41, 5.74) is 3.91. The number of allylic oxidation sites excluding steroid dienone is 3. The zero-order valence-electron chi connectivity index (χ0n) is 8.55. The molecule has 0 amide bonds. The molecule has 2 heteroatoms. The number of hydrogen-bond donors (Lipinski definition) is 1. The Kier molecular flexibility index (Phi) is 2.86. The third-order valence-electron chi connectivity index (χ3n) is 2.20. The molecule has 1 N–H and O–H groups in total. The van der Waals surface area contributed by atoms with Gasteiger partial charge in [-0.25, -0.2) is 0 Å². The van der Waals surface area contributed by atoms with Crippen LogP contribution in [0.4, 0.5) is 0 Å². The molecule has 0 saturated heterocycles. The molecular weight excluding hydrogens is 200 g/mol. The smallest absolute Gasteiger partial charge is 0.189 e. The fourth-order valence-electron chi connectivity index (χ4n) is 1.38. The van der Waals surface area contributed by atoms with Crippen LogP contribution in [0.5, 0.6) is 0 Å². The number of carbonyl (C=O) groups excluding carboxylic acids is 1. The van der Waals surface area contributed by atoms with Gasteiger partial charge in [-0.2, -0.15) is 0 Å². The zero-order valence-corrected chi connectivity index (χ0v) is 8.55. The number of hydrogen-bond acceptors (Lipinski definition) is 2. The molecule has 2 rings (SSSR count). The number of ketones is 1. The Labute approximate surface area is 93.5 Å². The van der Waals surface area contributed by atoms with E-state index in [2.05, 4.69) is 5.73 Å². The second-order valence-corrected chi connectivity index (χ2v) is 3.34. The van der Waals surface area contributed by atoms with E-state index in [1.165, 1.54) is 6.08 Å². The predicted molar refractivity (Wildman–Crippen MR) is 62.2 cm³/mol. The van der Waals surface area contributed by atoms with E-state index in [1.807, 2.05) is 6.07 Å². The van der Waals surface area contributed by atoms with Gasteiger partial charge >= 0.3 is 0 Å². The van der Waals surface area contributed by atoms with E-state index < -0.39 is 0 Å². The maximum absolute atomic E-state index is 11.7. The lowest BCUT2D eigenvalue weighted by atomic mass is 10.1.